The van der Waals surface area contributed by atoms with Gasteiger partial charge in [-0.1, -0.05) is 49.6 Å². The van der Waals surface area contributed by atoms with Crippen LogP contribution in [0.2, 0.25) is 0 Å². The number of hydrogen-bond donors (Lipinski definition) is 1. The molecule has 24 heavy (non-hydrogen) atoms. The number of carbonyl (C=O) groups excluding carboxylic acids is 1. The van der Waals surface area contributed by atoms with Crippen LogP contribution in [0.5, 0.6) is 0 Å². The van der Waals surface area contributed by atoms with E-state index < -0.39 is 6.10 Å². The van der Waals surface area contributed by atoms with Gasteiger partial charge < -0.3 is 10.0 Å². The molecule has 132 valence electrons. The minimum absolute atomic E-state index is 0.196. The highest BCUT2D eigenvalue weighted by Crippen LogP contribution is 2.24. The van der Waals surface area contributed by atoms with Crippen molar-refractivity contribution in [3.8, 4) is 0 Å². The summed E-state index contributed by atoms with van der Waals surface area (Å²) < 4.78 is 0. The number of aliphatic hydroxyl groups excluding tert-OH is 1. The van der Waals surface area contributed by atoms with Crippen molar-refractivity contribution < 1.29 is 9.90 Å². The van der Waals surface area contributed by atoms with E-state index in [-0.39, 0.29) is 5.91 Å². The first kappa shape index (κ1) is 17.4. The second-order valence-corrected chi connectivity index (χ2v) is 7.30. The van der Waals surface area contributed by atoms with E-state index in [1.165, 1.54) is 37.7 Å². The lowest BCUT2D eigenvalue weighted by molar-refractivity contribution is -0.129. The normalized spacial score (nSPS) is 20.8. The average molecular weight is 330 g/mol. The van der Waals surface area contributed by atoms with Gasteiger partial charge >= 0.3 is 0 Å². The topological polar surface area (TPSA) is 43.8 Å². The van der Waals surface area contributed by atoms with E-state index in [2.05, 4.69) is 29.2 Å². The smallest absolute Gasteiger partial charge is 0.222 e. The predicted octanol–water partition coefficient (Wildman–Crippen LogP) is 2.80. The molecule has 0 aromatic heterocycles. The molecule has 0 spiro atoms. The Hall–Kier alpha value is -1.39. The molecule has 1 unspecified atom stereocenters. The van der Waals surface area contributed by atoms with E-state index in [4.69, 9.17) is 0 Å². The van der Waals surface area contributed by atoms with Gasteiger partial charge in [-0.25, -0.2) is 0 Å². The van der Waals surface area contributed by atoms with Crippen molar-refractivity contribution in [2.45, 2.75) is 63.6 Å². The summed E-state index contributed by atoms with van der Waals surface area (Å²) >= 11 is 0. The van der Waals surface area contributed by atoms with Crippen LogP contribution in [0.15, 0.2) is 30.3 Å². The van der Waals surface area contributed by atoms with Crippen molar-refractivity contribution in [3.05, 3.63) is 35.9 Å². The van der Waals surface area contributed by atoms with Crippen molar-refractivity contribution in [3.63, 3.8) is 0 Å². The molecule has 1 N–H and O–H groups in total. The predicted molar refractivity (Wildman–Crippen MR) is 95.5 cm³/mol. The summed E-state index contributed by atoms with van der Waals surface area (Å²) in [6, 6.07) is 11.1. The highest BCUT2D eigenvalue weighted by molar-refractivity contribution is 5.78. The van der Waals surface area contributed by atoms with Crippen molar-refractivity contribution >= 4 is 5.91 Å². The Balaban J connectivity index is 1.61. The summed E-state index contributed by atoms with van der Waals surface area (Å²) in [6.07, 6.45) is 7.47. The van der Waals surface area contributed by atoms with Crippen LogP contribution in [-0.2, 0) is 11.3 Å². The Morgan fingerprint density at radius 2 is 1.88 bits per heavy atom. The summed E-state index contributed by atoms with van der Waals surface area (Å²) in [5.41, 5.74) is 1.30. The van der Waals surface area contributed by atoms with Crippen LogP contribution in [0.3, 0.4) is 0 Å². The molecule has 1 saturated heterocycles. The minimum atomic E-state index is -0.460. The van der Waals surface area contributed by atoms with Gasteiger partial charge in [-0.3, -0.25) is 9.69 Å². The maximum atomic E-state index is 11.8. The van der Waals surface area contributed by atoms with E-state index in [0.717, 1.165) is 19.5 Å². The molecule has 4 heteroatoms. The van der Waals surface area contributed by atoms with Crippen LogP contribution in [0.4, 0.5) is 0 Å². The SMILES string of the molecule is O=C1CCCN1CC(O)CN(Cc1ccccc1)C1CCCCC1. The molecule has 1 aliphatic carbocycles. The van der Waals surface area contributed by atoms with Crippen LogP contribution in [-0.4, -0.2) is 52.6 Å². The van der Waals surface area contributed by atoms with E-state index in [0.29, 0.717) is 25.6 Å². The molecule has 1 heterocycles. The van der Waals surface area contributed by atoms with Gasteiger partial charge in [-0.2, -0.15) is 0 Å². The van der Waals surface area contributed by atoms with Gasteiger partial charge in [0.1, 0.15) is 0 Å². The fourth-order valence-electron chi connectivity index (χ4n) is 4.09. The molecule has 1 aromatic rings. The van der Waals surface area contributed by atoms with E-state index in [9.17, 15) is 9.90 Å². The third-order valence-corrected chi connectivity index (χ3v) is 5.37. The molecule has 1 amide bonds. The lowest BCUT2D eigenvalue weighted by atomic mass is 9.93. The molecule has 1 saturated carbocycles. The number of aliphatic hydroxyl groups is 1. The molecule has 1 atom stereocenters. The molecular formula is C20H30N2O2. The Morgan fingerprint density at radius 3 is 2.54 bits per heavy atom. The van der Waals surface area contributed by atoms with E-state index >= 15 is 0 Å². The Morgan fingerprint density at radius 1 is 1.12 bits per heavy atom. The van der Waals surface area contributed by atoms with Crippen LogP contribution >= 0.6 is 0 Å². The van der Waals surface area contributed by atoms with Crippen LogP contribution < -0.4 is 0 Å². The van der Waals surface area contributed by atoms with Crippen LogP contribution in [0.25, 0.3) is 0 Å². The number of likely N-dealkylation sites (tertiary alicyclic amines) is 1. The lowest BCUT2D eigenvalue weighted by Gasteiger charge is -2.36. The highest BCUT2D eigenvalue weighted by Gasteiger charge is 2.27. The summed E-state index contributed by atoms with van der Waals surface area (Å²) in [5, 5.41) is 10.6. The molecular weight excluding hydrogens is 300 g/mol. The van der Waals surface area contributed by atoms with Crippen molar-refractivity contribution in [1.82, 2.24) is 9.80 Å². The average Bonchev–Trinajstić information content (AvgIpc) is 3.01. The third kappa shape index (κ3) is 4.81. The first-order valence-electron chi connectivity index (χ1n) is 9.46. The Kier molecular flexibility index (Phi) is 6.27. The molecule has 2 aliphatic rings. The first-order chi connectivity index (χ1) is 11.7. The molecule has 2 fully saturated rings. The maximum Gasteiger partial charge on any atom is 0.222 e. The van der Waals surface area contributed by atoms with Gasteiger partial charge in [0.2, 0.25) is 5.91 Å². The summed E-state index contributed by atoms with van der Waals surface area (Å²) in [6.45, 7) is 2.83. The summed E-state index contributed by atoms with van der Waals surface area (Å²) in [5.74, 6) is 0.196. The number of rotatable bonds is 7. The highest BCUT2D eigenvalue weighted by atomic mass is 16.3. The number of carbonyl (C=O) groups is 1. The van der Waals surface area contributed by atoms with Crippen molar-refractivity contribution in [2.75, 3.05) is 19.6 Å². The van der Waals surface area contributed by atoms with Crippen molar-refractivity contribution in [1.29, 1.82) is 0 Å². The van der Waals surface area contributed by atoms with Crippen molar-refractivity contribution in [2.24, 2.45) is 0 Å². The van der Waals surface area contributed by atoms with Gasteiger partial charge in [0, 0.05) is 38.6 Å². The van der Waals surface area contributed by atoms with Crippen LogP contribution in [0, 0.1) is 0 Å². The summed E-state index contributed by atoms with van der Waals surface area (Å²) in [7, 11) is 0. The molecule has 4 nitrogen and oxygen atoms in total. The molecule has 3 rings (SSSR count). The number of β-amino-alcohol motifs (C(OH)–C–C–N with tert-alkyl or cyclic N) is 1. The number of nitrogens with zero attached hydrogens (tertiary/aromatic N) is 2. The monoisotopic (exact) mass is 330 g/mol. The second-order valence-electron chi connectivity index (χ2n) is 7.30. The zero-order valence-electron chi connectivity index (χ0n) is 14.6. The zero-order chi connectivity index (χ0) is 16.8. The number of amides is 1. The Labute approximate surface area is 145 Å². The zero-order valence-corrected chi connectivity index (χ0v) is 14.6. The van der Waals surface area contributed by atoms with Gasteiger partial charge in [-0.05, 0) is 24.8 Å². The largest absolute Gasteiger partial charge is 0.390 e. The third-order valence-electron chi connectivity index (χ3n) is 5.37. The maximum absolute atomic E-state index is 11.8. The quantitative estimate of drug-likeness (QED) is 0.836. The molecule has 1 aliphatic heterocycles. The van der Waals surface area contributed by atoms with E-state index in [1.807, 2.05) is 11.0 Å². The van der Waals surface area contributed by atoms with Gasteiger partial charge in [0.05, 0.1) is 6.10 Å². The summed E-state index contributed by atoms with van der Waals surface area (Å²) in [4.78, 5) is 16.1. The lowest BCUT2D eigenvalue weighted by Crippen LogP contribution is -2.45. The minimum Gasteiger partial charge on any atom is -0.390 e. The first-order valence-corrected chi connectivity index (χ1v) is 9.46. The van der Waals surface area contributed by atoms with Gasteiger partial charge in [0.15, 0.2) is 0 Å². The fourth-order valence-corrected chi connectivity index (χ4v) is 4.09. The molecule has 1 aromatic carbocycles. The van der Waals surface area contributed by atoms with E-state index in [1.54, 1.807) is 0 Å². The number of benzene rings is 1. The standard InChI is InChI=1S/C20H30N2O2/c23-19(15-21-13-7-12-20(21)24)16-22(18-10-5-2-6-11-18)14-17-8-3-1-4-9-17/h1,3-4,8-9,18-19,23H,2,5-7,10-16H2. The number of hydrogen-bond acceptors (Lipinski definition) is 3. The molecule has 0 radical (unpaired) electrons. The van der Waals surface area contributed by atoms with Crippen LogP contribution in [0.1, 0.15) is 50.5 Å². The second kappa shape index (κ2) is 8.63. The molecule has 0 bridgehead atoms. The fraction of sp³-hybridized carbons (Fsp3) is 0.650. The van der Waals surface area contributed by atoms with Gasteiger partial charge in [0.25, 0.3) is 0 Å². The Bertz CT molecular complexity index is 514. The van der Waals surface area contributed by atoms with Gasteiger partial charge in [-0.15, -0.1) is 0 Å².